The first kappa shape index (κ1) is 21.9. The lowest BCUT2D eigenvalue weighted by molar-refractivity contribution is -0.118. The molecule has 2 aromatic carbocycles. The predicted molar refractivity (Wildman–Crippen MR) is 130 cm³/mol. The van der Waals surface area contributed by atoms with Crippen LogP contribution in [-0.4, -0.2) is 31.0 Å². The highest BCUT2D eigenvalue weighted by molar-refractivity contribution is 7.99. The van der Waals surface area contributed by atoms with Crippen molar-refractivity contribution in [3.05, 3.63) is 89.8 Å². The molecular formula is C25H27N5OS. The molecule has 7 heteroatoms. The van der Waals surface area contributed by atoms with Crippen molar-refractivity contribution in [1.29, 1.82) is 0 Å². The van der Waals surface area contributed by atoms with Crippen LogP contribution >= 0.6 is 11.8 Å². The average molecular weight is 446 g/mol. The second kappa shape index (κ2) is 9.87. The number of allylic oxidation sites excluding steroid dienone is 1. The fraction of sp³-hybridized carbons (Fsp3) is 0.240. The number of nitrogens with zero attached hydrogens (tertiary/aromatic N) is 4. The number of aryl methyl sites for hydroxylation is 1. The topological polar surface area (TPSA) is 64.7 Å². The van der Waals surface area contributed by atoms with E-state index in [0.717, 1.165) is 39.7 Å². The van der Waals surface area contributed by atoms with Crippen molar-refractivity contribution in [3.8, 4) is 0 Å². The summed E-state index contributed by atoms with van der Waals surface area (Å²) in [7, 11) is 0. The number of benzene rings is 2. The maximum atomic E-state index is 12.6. The standard InChI is InChI=1S/C25H27N5OS/c1-4-14-29-23-13-9-8-12-22(23)27-25(29)32-17-24(31)26-15-21-18(2)28-30(19(21)3)16-20-10-6-5-7-11-20/h4-13H,1,14-17H2,2-3H3,(H,26,31). The maximum absolute atomic E-state index is 12.6. The Morgan fingerprint density at radius 1 is 1.12 bits per heavy atom. The molecule has 0 radical (unpaired) electrons. The molecule has 32 heavy (non-hydrogen) atoms. The van der Waals surface area contributed by atoms with Crippen molar-refractivity contribution < 1.29 is 4.79 Å². The van der Waals surface area contributed by atoms with Crippen molar-refractivity contribution in [3.63, 3.8) is 0 Å². The number of imidazole rings is 1. The SMILES string of the molecule is C=CCn1c(SCC(=O)NCc2c(C)nn(Cc3ccccc3)c2C)nc2ccccc21. The normalized spacial score (nSPS) is 11.1. The van der Waals surface area contributed by atoms with Gasteiger partial charge in [0.1, 0.15) is 0 Å². The van der Waals surface area contributed by atoms with Crippen molar-refractivity contribution in [2.24, 2.45) is 0 Å². The van der Waals surface area contributed by atoms with Gasteiger partial charge in [0.2, 0.25) is 5.91 Å². The van der Waals surface area contributed by atoms with Crippen LogP contribution in [0.3, 0.4) is 0 Å². The van der Waals surface area contributed by atoms with E-state index in [9.17, 15) is 4.79 Å². The predicted octanol–water partition coefficient (Wildman–Crippen LogP) is 4.49. The molecule has 1 amide bonds. The lowest BCUT2D eigenvalue weighted by atomic mass is 10.2. The monoisotopic (exact) mass is 445 g/mol. The number of hydrogen-bond donors (Lipinski definition) is 1. The molecule has 4 aromatic rings. The minimum atomic E-state index is -0.0261. The van der Waals surface area contributed by atoms with E-state index in [1.54, 1.807) is 0 Å². The molecule has 0 fully saturated rings. The molecule has 0 saturated carbocycles. The number of para-hydroxylation sites is 2. The Morgan fingerprint density at radius 2 is 1.88 bits per heavy atom. The van der Waals surface area contributed by atoms with Gasteiger partial charge in [0.05, 0.1) is 29.0 Å². The van der Waals surface area contributed by atoms with E-state index >= 15 is 0 Å². The smallest absolute Gasteiger partial charge is 0.230 e. The van der Waals surface area contributed by atoms with E-state index in [-0.39, 0.29) is 5.91 Å². The Morgan fingerprint density at radius 3 is 2.66 bits per heavy atom. The number of amides is 1. The molecule has 0 aliphatic carbocycles. The van der Waals surface area contributed by atoms with E-state index in [4.69, 9.17) is 0 Å². The van der Waals surface area contributed by atoms with Crippen LogP contribution in [0.2, 0.25) is 0 Å². The number of hydrogen-bond acceptors (Lipinski definition) is 4. The number of fused-ring (bicyclic) bond motifs is 1. The van der Waals surface area contributed by atoms with Gasteiger partial charge in [0.15, 0.2) is 5.16 Å². The number of carbonyl (C=O) groups excluding carboxylic acids is 1. The summed E-state index contributed by atoms with van der Waals surface area (Å²) in [6.07, 6.45) is 1.84. The fourth-order valence-electron chi connectivity index (χ4n) is 3.74. The lowest BCUT2D eigenvalue weighted by Gasteiger charge is -2.08. The summed E-state index contributed by atoms with van der Waals surface area (Å²) in [5.74, 6) is 0.276. The molecule has 0 aliphatic rings. The summed E-state index contributed by atoms with van der Waals surface area (Å²) in [6.45, 7) is 9.72. The van der Waals surface area contributed by atoms with Gasteiger partial charge in [-0.2, -0.15) is 5.10 Å². The van der Waals surface area contributed by atoms with E-state index in [2.05, 4.69) is 45.6 Å². The van der Waals surface area contributed by atoms with E-state index in [1.807, 2.05) is 60.1 Å². The van der Waals surface area contributed by atoms with Gasteiger partial charge in [-0.15, -0.1) is 6.58 Å². The molecule has 0 aliphatic heterocycles. The second-order valence-corrected chi connectivity index (χ2v) is 8.58. The minimum Gasteiger partial charge on any atom is -0.351 e. The van der Waals surface area contributed by atoms with E-state index < -0.39 is 0 Å². The zero-order valence-corrected chi connectivity index (χ0v) is 19.2. The molecule has 4 rings (SSSR count). The maximum Gasteiger partial charge on any atom is 0.230 e. The van der Waals surface area contributed by atoms with Crippen molar-refractivity contribution in [1.82, 2.24) is 24.6 Å². The number of nitrogens with one attached hydrogen (secondary N) is 1. The summed E-state index contributed by atoms with van der Waals surface area (Å²) in [5.41, 5.74) is 6.26. The number of aromatic nitrogens is 4. The largest absolute Gasteiger partial charge is 0.351 e. The molecule has 0 bridgehead atoms. The molecule has 0 atom stereocenters. The third-order valence-electron chi connectivity index (χ3n) is 5.43. The number of carbonyl (C=O) groups is 1. The summed E-state index contributed by atoms with van der Waals surface area (Å²) >= 11 is 1.44. The third-order valence-corrected chi connectivity index (χ3v) is 6.41. The summed E-state index contributed by atoms with van der Waals surface area (Å²) in [4.78, 5) is 17.3. The van der Waals surface area contributed by atoms with Crippen LogP contribution in [0, 0.1) is 13.8 Å². The first-order valence-electron chi connectivity index (χ1n) is 10.6. The van der Waals surface area contributed by atoms with Gasteiger partial charge < -0.3 is 9.88 Å². The molecule has 1 N–H and O–H groups in total. The molecule has 164 valence electrons. The van der Waals surface area contributed by atoms with Gasteiger partial charge in [0.25, 0.3) is 0 Å². The summed E-state index contributed by atoms with van der Waals surface area (Å²) in [5, 5.41) is 8.54. The highest BCUT2D eigenvalue weighted by atomic mass is 32.2. The van der Waals surface area contributed by atoms with Gasteiger partial charge in [-0.25, -0.2) is 4.98 Å². The quantitative estimate of drug-likeness (QED) is 0.304. The van der Waals surface area contributed by atoms with Crippen LogP contribution in [0.5, 0.6) is 0 Å². The van der Waals surface area contributed by atoms with Crippen molar-refractivity contribution in [2.75, 3.05) is 5.75 Å². The Kier molecular flexibility index (Phi) is 6.75. The number of rotatable bonds is 9. The first-order chi connectivity index (χ1) is 15.6. The first-order valence-corrected chi connectivity index (χ1v) is 11.6. The fourth-order valence-corrected chi connectivity index (χ4v) is 4.59. The highest BCUT2D eigenvalue weighted by Crippen LogP contribution is 2.24. The Hall–Kier alpha value is -3.32. The van der Waals surface area contributed by atoms with E-state index in [1.165, 1.54) is 17.3 Å². The second-order valence-electron chi connectivity index (χ2n) is 7.64. The van der Waals surface area contributed by atoms with Crippen LogP contribution in [0.4, 0.5) is 0 Å². The van der Waals surface area contributed by atoms with Crippen LogP contribution in [-0.2, 0) is 24.4 Å². The van der Waals surface area contributed by atoms with Gasteiger partial charge in [-0.1, -0.05) is 60.3 Å². The molecule has 2 heterocycles. The Balaban J connectivity index is 1.38. The molecule has 0 saturated heterocycles. The van der Waals surface area contributed by atoms with Gasteiger partial charge in [0, 0.05) is 24.3 Å². The third kappa shape index (κ3) is 4.78. The highest BCUT2D eigenvalue weighted by Gasteiger charge is 2.15. The van der Waals surface area contributed by atoms with Crippen LogP contribution in [0.15, 0.2) is 72.4 Å². The molecule has 0 unspecified atom stereocenters. The van der Waals surface area contributed by atoms with Gasteiger partial charge >= 0.3 is 0 Å². The van der Waals surface area contributed by atoms with Crippen molar-refractivity contribution >= 4 is 28.7 Å². The molecular weight excluding hydrogens is 418 g/mol. The molecule has 0 spiro atoms. The Bertz CT molecular complexity index is 1240. The van der Waals surface area contributed by atoms with Crippen LogP contribution < -0.4 is 5.32 Å². The van der Waals surface area contributed by atoms with Crippen molar-refractivity contribution in [2.45, 2.75) is 38.6 Å². The zero-order valence-electron chi connectivity index (χ0n) is 18.4. The number of thioether (sulfide) groups is 1. The Labute approximate surface area is 192 Å². The summed E-state index contributed by atoms with van der Waals surface area (Å²) < 4.78 is 4.08. The van der Waals surface area contributed by atoms with Gasteiger partial charge in [-0.3, -0.25) is 9.48 Å². The van der Waals surface area contributed by atoms with Crippen LogP contribution in [0.25, 0.3) is 11.0 Å². The lowest BCUT2D eigenvalue weighted by Crippen LogP contribution is -2.25. The molecule has 6 nitrogen and oxygen atoms in total. The van der Waals surface area contributed by atoms with Gasteiger partial charge in [-0.05, 0) is 31.5 Å². The average Bonchev–Trinajstić information content (AvgIpc) is 3.28. The summed E-state index contributed by atoms with van der Waals surface area (Å²) in [6, 6.07) is 18.2. The minimum absolute atomic E-state index is 0.0261. The van der Waals surface area contributed by atoms with E-state index in [0.29, 0.717) is 18.8 Å². The molecule has 2 aromatic heterocycles. The zero-order chi connectivity index (χ0) is 22.5. The van der Waals surface area contributed by atoms with Crippen LogP contribution in [0.1, 0.15) is 22.5 Å².